The predicted molar refractivity (Wildman–Crippen MR) is 85.2 cm³/mol. The Labute approximate surface area is 132 Å². The molecule has 4 heteroatoms. The van der Waals surface area contributed by atoms with E-state index in [1.807, 2.05) is 12.1 Å². The summed E-state index contributed by atoms with van der Waals surface area (Å²) >= 11 is 3.42. The van der Waals surface area contributed by atoms with Crippen LogP contribution in [0.1, 0.15) is 30.5 Å². The number of hydrogen-bond acceptors (Lipinski definition) is 1. The van der Waals surface area contributed by atoms with Crippen molar-refractivity contribution < 1.29 is 8.78 Å². The van der Waals surface area contributed by atoms with Gasteiger partial charge in [0.1, 0.15) is 11.6 Å². The lowest BCUT2D eigenvalue weighted by molar-refractivity contribution is 0.520. The summed E-state index contributed by atoms with van der Waals surface area (Å²) in [6.45, 7) is 2.79. The maximum atomic E-state index is 13.1. The molecule has 0 radical (unpaired) electrons. The van der Waals surface area contributed by atoms with Gasteiger partial charge in [-0.25, -0.2) is 8.78 Å². The molecule has 0 aromatic heterocycles. The molecule has 0 aliphatic rings. The van der Waals surface area contributed by atoms with Gasteiger partial charge in [0, 0.05) is 16.6 Å². The second kappa shape index (κ2) is 7.66. The highest BCUT2D eigenvalue weighted by Crippen LogP contribution is 2.19. The Hall–Kier alpha value is -1.26. The number of nitrogens with one attached hydrogen (secondary N) is 1. The highest BCUT2D eigenvalue weighted by molar-refractivity contribution is 9.10. The average Bonchev–Trinajstić information content (AvgIpc) is 2.44. The topological polar surface area (TPSA) is 12.0 Å². The molecule has 2 aromatic rings. The molecular weight excluding hydrogens is 336 g/mol. The van der Waals surface area contributed by atoms with Gasteiger partial charge < -0.3 is 5.32 Å². The average molecular weight is 354 g/mol. The molecule has 2 rings (SSSR count). The van der Waals surface area contributed by atoms with Crippen LogP contribution in [-0.2, 0) is 6.42 Å². The number of halogens is 3. The van der Waals surface area contributed by atoms with E-state index in [9.17, 15) is 8.78 Å². The summed E-state index contributed by atoms with van der Waals surface area (Å²) in [7, 11) is 0. The molecular formula is C17H18BrF2N. The summed E-state index contributed by atoms with van der Waals surface area (Å²) in [6, 6.07) is 12.1. The first kappa shape index (κ1) is 16.1. The lowest BCUT2D eigenvalue weighted by Crippen LogP contribution is -2.23. The van der Waals surface area contributed by atoms with Gasteiger partial charge in [0.25, 0.3) is 0 Å². The molecule has 0 aliphatic heterocycles. The molecule has 0 spiro atoms. The Bertz CT molecular complexity index is 564. The zero-order chi connectivity index (χ0) is 15.2. The van der Waals surface area contributed by atoms with E-state index in [0.717, 1.165) is 17.0 Å². The van der Waals surface area contributed by atoms with Crippen LogP contribution in [0.4, 0.5) is 8.78 Å². The van der Waals surface area contributed by atoms with Crippen LogP contribution in [0.3, 0.4) is 0 Å². The van der Waals surface area contributed by atoms with E-state index in [2.05, 4.69) is 40.3 Å². The van der Waals surface area contributed by atoms with Crippen molar-refractivity contribution in [2.75, 3.05) is 6.54 Å². The van der Waals surface area contributed by atoms with Gasteiger partial charge in [-0.05, 0) is 54.8 Å². The van der Waals surface area contributed by atoms with Crippen LogP contribution in [0, 0.1) is 11.6 Å². The summed E-state index contributed by atoms with van der Waals surface area (Å²) in [6.07, 6.45) is 1.56. The van der Waals surface area contributed by atoms with Crippen molar-refractivity contribution >= 4 is 15.9 Å². The van der Waals surface area contributed by atoms with Crippen molar-refractivity contribution in [3.8, 4) is 0 Å². The van der Waals surface area contributed by atoms with Gasteiger partial charge in [0.15, 0.2) is 0 Å². The number of hydrogen-bond donors (Lipinski definition) is 1. The summed E-state index contributed by atoms with van der Waals surface area (Å²) in [5.74, 6) is -1.05. The minimum atomic E-state index is -0.523. The highest BCUT2D eigenvalue weighted by atomic mass is 79.9. The molecule has 21 heavy (non-hydrogen) atoms. The first-order valence-corrected chi connectivity index (χ1v) is 7.81. The lowest BCUT2D eigenvalue weighted by atomic mass is 10.0. The molecule has 0 saturated carbocycles. The summed E-state index contributed by atoms with van der Waals surface area (Å²) in [5, 5.41) is 3.43. The Kier molecular flexibility index (Phi) is 5.88. The highest BCUT2D eigenvalue weighted by Gasteiger charge is 2.08. The largest absolute Gasteiger partial charge is 0.310 e. The van der Waals surface area contributed by atoms with Gasteiger partial charge >= 0.3 is 0 Å². The zero-order valence-electron chi connectivity index (χ0n) is 11.9. The Balaban J connectivity index is 1.92. The van der Waals surface area contributed by atoms with E-state index in [0.29, 0.717) is 18.5 Å². The third-order valence-corrected chi connectivity index (χ3v) is 3.94. The van der Waals surface area contributed by atoms with Crippen molar-refractivity contribution in [3.05, 3.63) is 69.7 Å². The predicted octanol–water partition coefficient (Wildman–Crippen LogP) is 5.01. The molecule has 0 aliphatic carbocycles. The van der Waals surface area contributed by atoms with Crippen molar-refractivity contribution in [1.82, 2.24) is 5.32 Å². The molecule has 1 N–H and O–H groups in total. The standard InChI is InChI=1S/C17H18BrF2N/c1-2-17(13-3-5-14(18)6-4-13)21-8-7-12-9-15(19)11-16(20)10-12/h3-6,9-11,17,21H,2,7-8H2,1H3. The van der Waals surface area contributed by atoms with E-state index in [4.69, 9.17) is 0 Å². The van der Waals surface area contributed by atoms with Gasteiger partial charge in [-0.2, -0.15) is 0 Å². The Morgan fingerprint density at radius 2 is 1.67 bits per heavy atom. The van der Waals surface area contributed by atoms with Crippen LogP contribution in [0.5, 0.6) is 0 Å². The SMILES string of the molecule is CCC(NCCc1cc(F)cc(F)c1)c1ccc(Br)cc1. The van der Waals surface area contributed by atoms with Crippen LogP contribution in [0.2, 0.25) is 0 Å². The fourth-order valence-corrected chi connectivity index (χ4v) is 2.60. The van der Waals surface area contributed by atoms with E-state index in [1.165, 1.54) is 17.7 Å². The van der Waals surface area contributed by atoms with E-state index >= 15 is 0 Å². The first-order valence-electron chi connectivity index (χ1n) is 7.02. The maximum absolute atomic E-state index is 13.1. The Morgan fingerprint density at radius 1 is 1.05 bits per heavy atom. The molecule has 0 heterocycles. The smallest absolute Gasteiger partial charge is 0.126 e. The number of rotatable bonds is 6. The fourth-order valence-electron chi connectivity index (χ4n) is 2.34. The van der Waals surface area contributed by atoms with Gasteiger partial charge in [0.2, 0.25) is 0 Å². The molecule has 0 amide bonds. The molecule has 0 saturated heterocycles. The van der Waals surface area contributed by atoms with Gasteiger partial charge in [-0.3, -0.25) is 0 Å². The van der Waals surface area contributed by atoms with E-state index in [1.54, 1.807) is 0 Å². The molecule has 1 atom stereocenters. The molecule has 0 bridgehead atoms. The fraction of sp³-hybridized carbons (Fsp3) is 0.294. The molecule has 0 fully saturated rings. The lowest BCUT2D eigenvalue weighted by Gasteiger charge is -2.17. The van der Waals surface area contributed by atoms with Gasteiger partial charge in [-0.1, -0.05) is 35.0 Å². The second-order valence-corrected chi connectivity index (χ2v) is 5.91. The van der Waals surface area contributed by atoms with Crippen molar-refractivity contribution in [2.45, 2.75) is 25.8 Å². The molecule has 112 valence electrons. The summed E-state index contributed by atoms with van der Waals surface area (Å²) in [5.41, 5.74) is 1.89. The van der Waals surface area contributed by atoms with Gasteiger partial charge in [0.05, 0.1) is 0 Å². The summed E-state index contributed by atoms with van der Waals surface area (Å²) in [4.78, 5) is 0. The van der Waals surface area contributed by atoms with Crippen LogP contribution >= 0.6 is 15.9 Å². The van der Waals surface area contributed by atoms with Crippen LogP contribution in [-0.4, -0.2) is 6.54 Å². The third-order valence-electron chi connectivity index (χ3n) is 3.41. The Morgan fingerprint density at radius 3 is 2.24 bits per heavy atom. The van der Waals surface area contributed by atoms with Crippen molar-refractivity contribution in [1.29, 1.82) is 0 Å². The van der Waals surface area contributed by atoms with Crippen LogP contribution < -0.4 is 5.32 Å². The second-order valence-electron chi connectivity index (χ2n) is 4.99. The molecule has 1 unspecified atom stereocenters. The monoisotopic (exact) mass is 353 g/mol. The van der Waals surface area contributed by atoms with Crippen LogP contribution in [0.15, 0.2) is 46.9 Å². The third kappa shape index (κ3) is 4.90. The normalized spacial score (nSPS) is 12.4. The maximum Gasteiger partial charge on any atom is 0.126 e. The van der Waals surface area contributed by atoms with Crippen LogP contribution in [0.25, 0.3) is 0 Å². The minimum Gasteiger partial charge on any atom is -0.310 e. The van der Waals surface area contributed by atoms with Crippen molar-refractivity contribution in [2.24, 2.45) is 0 Å². The summed E-state index contributed by atoms with van der Waals surface area (Å²) < 4.78 is 27.3. The van der Waals surface area contributed by atoms with E-state index in [-0.39, 0.29) is 6.04 Å². The van der Waals surface area contributed by atoms with Crippen molar-refractivity contribution in [3.63, 3.8) is 0 Å². The zero-order valence-corrected chi connectivity index (χ0v) is 13.5. The number of benzene rings is 2. The molecule has 1 nitrogen and oxygen atoms in total. The van der Waals surface area contributed by atoms with Gasteiger partial charge in [-0.15, -0.1) is 0 Å². The first-order chi connectivity index (χ1) is 10.1. The van der Waals surface area contributed by atoms with E-state index < -0.39 is 11.6 Å². The molecule has 2 aromatic carbocycles. The quantitative estimate of drug-likeness (QED) is 0.769. The minimum absolute atomic E-state index is 0.247.